The first-order valence-corrected chi connectivity index (χ1v) is 6.72. The molecule has 0 spiro atoms. The second-order valence-corrected chi connectivity index (χ2v) is 5.50. The molecule has 0 N–H and O–H groups in total. The van der Waals surface area contributed by atoms with E-state index in [1.54, 1.807) is 0 Å². The minimum absolute atomic E-state index is 0.149. The van der Waals surface area contributed by atoms with Crippen LogP contribution in [-0.2, 0) is 11.3 Å². The molecule has 2 nitrogen and oxygen atoms in total. The van der Waals surface area contributed by atoms with Crippen LogP contribution in [0.15, 0.2) is 42.5 Å². The zero-order valence-electron chi connectivity index (χ0n) is 10.6. The van der Waals surface area contributed by atoms with E-state index in [1.807, 2.05) is 6.07 Å². The highest BCUT2D eigenvalue weighted by molar-refractivity contribution is 5.84. The van der Waals surface area contributed by atoms with Gasteiger partial charge >= 0.3 is 0 Å². The summed E-state index contributed by atoms with van der Waals surface area (Å²) in [5.41, 5.74) is 2.47. The van der Waals surface area contributed by atoms with Gasteiger partial charge in [0.25, 0.3) is 0 Å². The standard InChI is InChI=1S/C16H19NO/c1-12-10-17(11-13-5-3-2-4-6-13)14-7-8-16(18)15(12)9-14/h2-6,14-15H,1,7-11H2. The van der Waals surface area contributed by atoms with Crippen molar-refractivity contribution < 1.29 is 4.79 Å². The van der Waals surface area contributed by atoms with Crippen LogP contribution in [-0.4, -0.2) is 23.3 Å². The van der Waals surface area contributed by atoms with Gasteiger partial charge < -0.3 is 0 Å². The number of fused-ring (bicyclic) bond motifs is 2. The lowest BCUT2D eigenvalue weighted by atomic mass is 9.76. The Morgan fingerprint density at radius 2 is 2.06 bits per heavy atom. The third kappa shape index (κ3) is 2.13. The van der Waals surface area contributed by atoms with E-state index in [9.17, 15) is 4.79 Å². The monoisotopic (exact) mass is 241 g/mol. The number of hydrogen-bond acceptors (Lipinski definition) is 2. The molecule has 18 heavy (non-hydrogen) atoms. The number of piperidine rings is 1. The van der Waals surface area contributed by atoms with Crippen molar-refractivity contribution in [3.05, 3.63) is 48.0 Å². The van der Waals surface area contributed by atoms with E-state index in [1.165, 1.54) is 5.56 Å². The van der Waals surface area contributed by atoms with Gasteiger partial charge in [-0.3, -0.25) is 9.69 Å². The third-order valence-corrected chi connectivity index (χ3v) is 4.26. The first kappa shape index (κ1) is 11.7. The number of carbonyl (C=O) groups excluding carboxylic acids is 1. The van der Waals surface area contributed by atoms with Crippen molar-refractivity contribution in [3.8, 4) is 0 Å². The van der Waals surface area contributed by atoms with Crippen LogP contribution in [0, 0.1) is 5.92 Å². The summed E-state index contributed by atoms with van der Waals surface area (Å²) in [7, 11) is 0. The molecule has 2 unspecified atom stereocenters. The lowest BCUT2D eigenvalue weighted by Crippen LogP contribution is -2.48. The van der Waals surface area contributed by atoms with E-state index in [0.29, 0.717) is 11.8 Å². The fourth-order valence-electron chi connectivity index (χ4n) is 3.23. The molecule has 1 aliphatic carbocycles. The SMILES string of the molecule is C=C1CN(Cc2ccccc2)C2CCC(=O)C1C2. The first-order valence-electron chi connectivity index (χ1n) is 6.72. The molecule has 1 saturated carbocycles. The lowest BCUT2D eigenvalue weighted by molar-refractivity contribution is -0.126. The average molecular weight is 241 g/mol. The Morgan fingerprint density at radius 3 is 2.83 bits per heavy atom. The smallest absolute Gasteiger partial charge is 0.140 e. The van der Waals surface area contributed by atoms with Gasteiger partial charge in [0.1, 0.15) is 5.78 Å². The summed E-state index contributed by atoms with van der Waals surface area (Å²) in [6.45, 7) is 5.98. The van der Waals surface area contributed by atoms with E-state index in [0.717, 1.165) is 37.9 Å². The Kier molecular flexibility index (Phi) is 3.04. The van der Waals surface area contributed by atoms with Crippen molar-refractivity contribution in [2.45, 2.75) is 31.8 Å². The van der Waals surface area contributed by atoms with Crippen LogP contribution < -0.4 is 0 Å². The molecule has 1 aliphatic heterocycles. The molecule has 0 amide bonds. The zero-order chi connectivity index (χ0) is 12.5. The van der Waals surface area contributed by atoms with Crippen molar-refractivity contribution in [2.24, 2.45) is 5.92 Å². The predicted molar refractivity (Wildman–Crippen MR) is 72.1 cm³/mol. The molecule has 1 saturated heterocycles. The molecule has 2 aliphatic rings. The third-order valence-electron chi connectivity index (χ3n) is 4.26. The molecule has 1 aromatic rings. The lowest BCUT2D eigenvalue weighted by Gasteiger charge is -2.43. The number of rotatable bonds is 2. The van der Waals surface area contributed by atoms with E-state index < -0.39 is 0 Å². The molecule has 1 aromatic carbocycles. The van der Waals surface area contributed by atoms with Gasteiger partial charge in [-0.2, -0.15) is 0 Å². The van der Waals surface area contributed by atoms with Crippen LogP contribution in [0.3, 0.4) is 0 Å². The van der Waals surface area contributed by atoms with Gasteiger partial charge in [0.05, 0.1) is 0 Å². The topological polar surface area (TPSA) is 20.3 Å². The van der Waals surface area contributed by atoms with Crippen LogP contribution in [0.1, 0.15) is 24.8 Å². The molecule has 2 heteroatoms. The number of likely N-dealkylation sites (tertiary alicyclic amines) is 1. The molecular formula is C16H19NO. The number of Topliss-reactive ketones (excluding diaryl/α,β-unsaturated/α-hetero) is 1. The Morgan fingerprint density at radius 1 is 1.28 bits per heavy atom. The highest BCUT2D eigenvalue weighted by Crippen LogP contribution is 2.35. The maximum Gasteiger partial charge on any atom is 0.140 e. The minimum Gasteiger partial charge on any atom is -0.299 e. The number of benzene rings is 1. The van der Waals surface area contributed by atoms with E-state index >= 15 is 0 Å². The summed E-state index contributed by atoms with van der Waals surface area (Å²) in [6.07, 6.45) is 2.75. The molecule has 3 rings (SSSR count). The predicted octanol–water partition coefficient (Wildman–Crippen LogP) is 2.80. The maximum absolute atomic E-state index is 11.8. The van der Waals surface area contributed by atoms with Gasteiger partial charge in [0, 0.05) is 31.5 Å². The van der Waals surface area contributed by atoms with E-state index in [-0.39, 0.29) is 5.92 Å². The summed E-state index contributed by atoms with van der Waals surface area (Å²) >= 11 is 0. The molecular weight excluding hydrogens is 222 g/mol. The highest BCUT2D eigenvalue weighted by atomic mass is 16.1. The van der Waals surface area contributed by atoms with Crippen LogP contribution in [0.25, 0.3) is 0 Å². The second-order valence-electron chi connectivity index (χ2n) is 5.50. The van der Waals surface area contributed by atoms with E-state index in [2.05, 4.69) is 35.7 Å². The zero-order valence-corrected chi connectivity index (χ0v) is 10.6. The highest BCUT2D eigenvalue weighted by Gasteiger charge is 2.38. The normalized spacial score (nSPS) is 28.4. The largest absolute Gasteiger partial charge is 0.299 e. The number of ketones is 1. The minimum atomic E-state index is 0.149. The molecule has 2 fully saturated rings. The molecule has 0 aromatic heterocycles. The molecule has 2 atom stereocenters. The second kappa shape index (κ2) is 4.69. The average Bonchev–Trinajstić information content (AvgIpc) is 2.39. The van der Waals surface area contributed by atoms with Crippen molar-refractivity contribution >= 4 is 5.78 Å². The van der Waals surface area contributed by atoms with Crippen LogP contribution in [0.5, 0.6) is 0 Å². The van der Waals surface area contributed by atoms with Crippen molar-refractivity contribution in [3.63, 3.8) is 0 Å². The summed E-state index contributed by atoms with van der Waals surface area (Å²) in [5.74, 6) is 0.561. The Hall–Kier alpha value is -1.41. The number of carbonyl (C=O) groups is 1. The Bertz CT molecular complexity index is 465. The van der Waals surface area contributed by atoms with Crippen LogP contribution in [0.2, 0.25) is 0 Å². The summed E-state index contributed by atoms with van der Waals surface area (Å²) < 4.78 is 0. The van der Waals surface area contributed by atoms with Gasteiger partial charge in [-0.25, -0.2) is 0 Å². The van der Waals surface area contributed by atoms with Crippen LogP contribution >= 0.6 is 0 Å². The molecule has 2 bridgehead atoms. The quantitative estimate of drug-likeness (QED) is 0.742. The van der Waals surface area contributed by atoms with Gasteiger partial charge in [-0.1, -0.05) is 42.5 Å². The van der Waals surface area contributed by atoms with Crippen molar-refractivity contribution in [1.29, 1.82) is 0 Å². The van der Waals surface area contributed by atoms with Crippen molar-refractivity contribution in [1.82, 2.24) is 4.90 Å². The Labute approximate surface area is 108 Å². The fourth-order valence-corrected chi connectivity index (χ4v) is 3.23. The first-order chi connectivity index (χ1) is 8.74. The summed E-state index contributed by atoms with van der Waals surface area (Å²) in [6, 6.07) is 11.1. The van der Waals surface area contributed by atoms with Gasteiger partial charge in [0.2, 0.25) is 0 Å². The number of hydrogen-bond donors (Lipinski definition) is 0. The molecule has 94 valence electrons. The van der Waals surface area contributed by atoms with Crippen molar-refractivity contribution in [2.75, 3.05) is 6.54 Å². The molecule has 0 radical (unpaired) electrons. The van der Waals surface area contributed by atoms with Gasteiger partial charge in [-0.15, -0.1) is 0 Å². The summed E-state index contributed by atoms with van der Waals surface area (Å²) in [5, 5.41) is 0. The number of nitrogens with zero attached hydrogens (tertiary/aromatic N) is 1. The fraction of sp³-hybridized carbons (Fsp3) is 0.438. The van der Waals surface area contributed by atoms with Gasteiger partial charge in [-0.05, 0) is 18.4 Å². The van der Waals surface area contributed by atoms with Crippen LogP contribution in [0.4, 0.5) is 0 Å². The maximum atomic E-state index is 11.8. The Balaban J connectivity index is 1.74. The molecule has 1 heterocycles. The summed E-state index contributed by atoms with van der Waals surface area (Å²) in [4.78, 5) is 14.3. The van der Waals surface area contributed by atoms with E-state index in [4.69, 9.17) is 0 Å². The van der Waals surface area contributed by atoms with Gasteiger partial charge in [0.15, 0.2) is 0 Å².